The summed E-state index contributed by atoms with van der Waals surface area (Å²) < 4.78 is 11.0. The van der Waals surface area contributed by atoms with Crippen LogP contribution in [0.1, 0.15) is 18.7 Å². The van der Waals surface area contributed by atoms with Gasteiger partial charge in [-0.1, -0.05) is 18.2 Å². The van der Waals surface area contributed by atoms with Crippen LogP contribution in [0.2, 0.25) is 0 Å². The van der Waals surface area contributed by atoms with Crippen LogP contribution in [0.4, 0.5) is 5.69 Å². The fourth-order valence-electron chi connectivity index (χ4n) is 4.86. The normalized spacial score (nSPS) is 15.9. The Labute approximate surface area is 244 Å². The Bertz CT molecular complexity index is 2040. The second kappa shape index (κ2) is 9.66. The van der Waals surface area contributed by atoms with Crippen LogP contribution in [0, 0.1) is 24.5 Å². The lowest BCUT2D eigenvalue weighted by Crippen LogP contribution is -2.20. The zero-order valence-corrected chi connectivity index (χ0v) is 24.6. The highest BCUT2D eigenvalue weighted by Crippen LogP contribution is 2.46. The number of thiophene rings is 3. The van der Waals surface area contributed by atoms with E-state index < -0.39 is 5.60 Å². The second-order valence-electron chi connectivity index (χ2n) is 10.1. The van der Waals surface area contributed by atoms with Crippen LogP contribution < -0.4 is 4.90 Å². The van der Waals surface area contributed by atoms with Crippen molar-refractivity contribution in [1.82, 2.24) is 0 Å². The third-order valence-electron chi connectivity index (χ3n) is 6.90. The van der Waals surface area contributed by atoms with E-state index >= 15 is 0 Å². The first-order valence-electron chi connectivity index (χ1n) is 12.4. The van der Waals surface area contributed by atoms with Gasteiger partial charge in [0.2, 0.25) is 5.70 Å². The summed E-state index contributed by atoms with van der Waals surface area (Å²) in [6, 6.07) is 19.6. The molecule has 0 aliphatic carbocycles. The van der Waals surface area contributed by atoms with E-state index in [0.717, 1.165) is 4.88 Å². The van der Waals surface area contributed by atoms with Crippen LogP contribution in [0.15, 0.2) is 77.3 Å². The van der Waals surface area contributed by atoms with E-state index in [1.807, 2.05) is 54.7 Å². The molecule has 5 nitrogen and oxygen atoms in total. The van der Waals surface area contributed by atoms with Gasteiger partial charge >= 0.3 is 0 Å². The number of nitriles is 1. The van der Waals surface area contributed by atoms with Gasteiger partial charge in [-0.2, -0.15) is 0 Å². The summed E-state index contributed by atoms with van der Waals surface area (Å²) in [4.78, 5) is 11.3. The molecule has 0 N–H and O–H groups in total. The Hall–Kier alpha value is -4.39. The topological polar surface area (TPSA) is 45.0 Å². The number of hydrogen-bond acceptors (Lipinski definition) is 6. The number of allylic oxidation sites excluding steroid dienone is 1. The molecule has 0 unspecified atom stereocenters. The molecule has 40 heavy (non-hydrogen) atoms. The molecule has 0 atom stereocenters. The Kier molecular flexibility index (Phi) is 6.25. The first-order chi connectivity index (χ1) is 19.2. The maximum Gasteiger partial charge on any atom is 0.292 e. The molecule has 0 amide bonds. The predicted molar refractivity (Wildman–Crippen MR) is 169 cm³/mol. The van der Waals surface area contributed by atoms with Gasteiger partial charge in [0.25, 0.3) is 5.70 Å². The number of anilines is 1. The summed E-state index contributed by atoms with van der Waals surface area (Å²) in [6.45, 7) is 18.6. The standard InChI is InChI=1S/C32H22N4OS3/c1-32(2)23(29(35-4)30(37-32)24(17-33)34-3)12-11-21-13-19-14-22-27(15-26(19)38-21)39-28-16-25(40-31(22)28)18-7-9-20(10-8-18)36(5)6/h7-16H,1-2,5-6H3/b12-11+,30-24+. The Morgan fingerprint density at radius 2 is 1.75 bits per heavy atom. The average Bonchev–Trinajstić information content (AvgIpc) is 3.66. The van der Waals surface area contributed by atoms with E-state index in [2.05, 4.69) is 77.2 Å². The van der Waals surface area contributed by atoms with E-state index in [1.54, 1.807) is 11.3 Å². The van der Waals surface area contributed by atoms with Crippen molar-refractivity contribution in [3.63, 3.8) is 0 Å². The van der Waals surface area contributed by atoms with Gasteiger partial charge in [-0.3, -0.25) is 0 Å². The third-order valence-corrected chi connectivity index (χ3v) is 10.4. The smallest absolute Gasteiger partial charge is 0.292 e. The molecule has 5 aromatic rings. The molecule has 1 aliphatic rings. The minimum absolute atomic E-state index is 0.0710. The molecule has 8 heteroatoms. The fraction of sp³-hybridized carbons (Fsp3) is 0.156. The Balaban J connectivity index is 1.37. The molecule has 0 bridgehead atoms. The highest BCUT2D eigenvalue weighted by molar-refractivity contribution is 7.34. The molecule has 2 aromatic carbocycles. The van der Waals surface area contributed by atoms with Crippen molar-refractivity contribution in [2.45, 2.75) is 19.4 Å². The molecular formula is C32H22N4OS3. The number of ether oxygens (including phenoxy) is 1. The molecule has 0 saturated heterocycles. The number of fused-ring (bicyclic) bond motifs is 4. The zero-order chi connectivity index (χ0) is 28.2. The first kappa shape index (κ1) is 25.9. The summed E-state index contributed by atoms with van der Waals surface area (Å²) in [7, 11) is 4.10. The molecule has 6 rings (SSSR count). The molecular weight excluding hydrogens is 553 g/mol. The lowest BCUT2D eigenvalue weighted by atomic mass is 9.97. The monoisotopic (exact) mass is 574 g/mol. The number of rotatable bonds is 4. The Morgan fingerprint density at radius 3 is 2.42 bits per heavy atom. The molecule has 1 aliphatic heterocycles. The summed E-state index contributed by atoms with van der Waals surface area (Å²) in [5.41, 5.74) is 2.31. The highest BCUT2D eigenvalue weighted by atomic mass is 32.1. The molecule has 4 heterocycles. The van der Waals surface area contributed by atoms with E-state index in [0.29, 0.717) is 5.57 Å². The van der Waals surface area contributed by atoms with Crippen LogP contribution in [-0.2, 0) is 4.74 Å². The molecule has 0 saturated carbocycles. The highest BCUT2D eigenvalue weighted by Gasteiger charge is 2.38. The summed E-state index contributed by atoms with van der Waals surface area (Å²) >= 11 is 5.38. The molecule has 3 aromatic heterocycles. The van der Waals surface area contributed by atoms with Crippen molar-refractivity contribution in [1.29, 1.82) is 5.26 Å². The second-order valence-corrected chi connectivity index (χ2v) is 13.4. The minimum Gasteiger partial charge on any atom is -0.505 e. The maximum atomic E-state index is 9.32. The SMILES string of the molecule is [C-]#[N+]C1=C(/C=C/c2cc3cc4c(cc3s2)sc2cc(-c3ccc(N(C)C)cc3)sc24)C(C)(C)O/C1=C(\C#N)[N+]#[C-]. The first-order valence-corrected chi connectivity index (χ1v) is 14.9. The van der Waals surface area contributed by atoms with Gasteiger partial charge in [0, 0.05) is 54.6 Å². The summed E-state index contributed by atoms with van der Waals surface area (Å²) in [5.74, 6) is 0.0710. The third kappa shape index (κ3) is 4.26. The van der Waals surface area contributed by atoms with Crippen molar-refractivity contribution in [2.24, 2.45) is 0 Å². The van der Waals surface area contributed by atoms with Crippen molar-refractivity contribution < 1.29 is 4.74 Å². The molecule has 0 radical (unpaired) electrons. The van der Waals surface area contributed by atoms with Crippen molar-refractivity contribution >= 4 is 75.3 Å². The van der Waals surface area contributed by atoms with Crippen LogP contribution in [0.25, 0.3) is 55.8 Å². The van der Waals surface area contributed by atoms with E-state index in [9.17, 15) is 5.26 Å². The molecule has 0 spiro atoms. The summed E-state index contributed by atoms with van der Waals surface area (Å²) in [6.07, 6.45) is 3.88. The van der Waals surface area contributed by atoms with Gasteiger partial charge in [-0.25, -0.2) is 15.0 Å². The van der Waals surface area contributed by atoms with Crippen LogP contribution >= 0.6 is 34.0 Å². The lowest BCUT2D eigenvalue weighted by Gasteiger charge is -2.21. The van der Waals surface area contributed by atoms with Crippen LogP contribution in [-0.4, -0.2) is 19.7 Å². The van der Waals surface area contributed by atoms with Gasteiger partial charge in [0.1, 0.15) is 11.4 Å². The van der Waals surface area contributed by atoms with Crippen LogP contribution in [0.5, 0.6) is 0 Å². The van der Waals surface area contributed by atoms with Gasteiger partial charge in [-0.15, -0.1) is 34.0 Å². The van der Waals surface area contributed by atoms with Crippen LogP contribution in [0.3, 0.4) is 0 Å². The maximum absolute atomic E-state index is 9.32. The van der Waals surface area contributed by atoms with Gasteiger partial charge < -0.3 is 9.64 Å². The number of nitrogens with zero attached hydrogens (tertiary/aromatic N) is 4. The number of hydrogen-bond donors (Lipinski definition) is 0. The largest absolute Gasteiger partial charge is 0.505 e. The van der Waals surface area contributed by atoms with Crippen molar-refractivity contribution in [2.75, 3.05) is 19.0 Å². The van der Waals surface area contributed by atoms with Gasteiger partial charge in [0.05, 0.1) is 23.9 Å². The number of benzene rings is 2. The minimum atomic E-state index is -0.812. The quantitative estimate of drug-likeness (QED) is 0.159. The predicted octanol–water partition coefficient (Wildman–Crippen LogP) is 9.71. The van der Waals surface area contributed by atoms with E-state index in [4.69, 9.17) is 17.9 Å². The lowest BCUT2D eigenvalue weighted by molar-refractivity contribution is 0.0952. The van der Waals surface area contributed by atoms with E-state index in [1.165, 1.54) is 45.7 Å². The zero-order valence-electron chi connectivity index (χ0n) is 22.2. The average molecular weight is 575 g/mol. The van der Waals surface area contributed by atoms with E-state index in [-0.39, 0.29) is 17.2 Å². The molecule has 0 fully saturated rings. The Morgan fingerprint density at radius 1 is 0.975 bits per heavy atom. The van der Waals surface area contributed by atoms with Gasteiger partial charge in [0.15, 0.2) is 0 Å². The van der Waals surface area contributed by atoms with Gasteiger partial charge in [-0.05, 0) is 67.3 Å². The fourth-order valence-corrected chi connectivity index (χ4v) is 8.47. The van der Waals surface area contributed by atoms with Crippen molar-refractivity contribution in [3.05, 3.63) is 105 Å². The molecule has 194 valence electrons. The van der Waals surface area contributed by atoms with Crippen molar-refractivity contribution in [3.8, 4) is 16.5 Å². The summed E-state index contributed by atoms with van der Waals surface area (Å²) in [5, 5.41) is 11.8.